The standard InChI is InChI=1S/C18H27IO15/c1-28-11-12(14(19)34-18-13(11)33-18)32-17-9(25)5(21)4(20)3(30-17)2-29-16-8(24)6(22)7(23)10(31-16)15(26)27/h3-14,16-18,20-25H,2H2,1H3,(H,26,27)/t3?,4-,5?,6?,7+,8?,9?,10?,11?,12+,13-,14-,16+,17-,18?/m1/s1. The smallest absolute Gasteiger partial charge is 0.335 e. The molecule has 196 valence electrons. The predicted octanol–water partition coefficient (Wildman–Crippen LogP) is -4.38. The number of ether oxygens (including phenoxy) is 7. The Kier molecular flexibility index (Phi) is 8.32. The molecule has 0 spiro atoms. The van der Waals surface area contributed by atoms with Gasteiger partial charge in [-0.05, 0) is 22.6 Å². The van der Waals surface area contributed by atoms with E-state index in [0.29, 0.717) is 0 Å². The Labute approximate surface area is 206 Å². The van der Waals surface area contributed by atoms with Gasteiger partial charge in [-0.3, -0.25) is 0 Å². The van der Waals surface area contributed by atoms with E-state index in [-0.39, 0.29) is 6.10 Å². The van der Waals surface area contributed by atoms with Crippen molar-refractivity contribution in [3.05, 3.63) is 0 Å². The van der Waals surface area contributed by atoms with Gasteiger partial charge in [0, 0.05) is 7.11 Å². The molecule has 15 nitrogen and oxygen atoms in total. The molecule has 0 saturated carbocycles. The first-order chi connectivity index (χ1) is 16.0. The molecule has 4 fully saturated rings. The molecule has 4 aliphatic rings. The molecule has 7 N–H and O–H groups in total. The molecular weight excluding hydrogens is 583 g/mol. The largest absolute Gasteiger partial charge is 0.479 e. The van der Waals surface area contributed by atoms with Crippen molar-refractivity contribution in [2.75, 3.05) is 13.7 Å². The number of aliphatic hydroxyl groups is 6. The number of carbonyl (C=O) groups is 1. The second kappa shape index (κ2) is 10.6. The summed E-state index contributed by atoms with van der Waals surface area (Å²) in [6.45, 7) is -0.571. The zero-order valence-corrected chi connectivity index (χ0v) is 19.8. The van der Waals surface area contributed by atoms with Crippen LogP contribution in [0.3, 0.4) is 0 Å². The van der Waals surface area contributed by atoms with E-state index in [1.165, 1.54) is 7.11 Å². The van der Waals surface area contributed by atoms with Crippen molar-refractivity contribution in [1.29, 1.82) is 0 Å². The zero-order chi connectivity index (χ0) is 24.9. The molecule has 0 aromatic heterocycles. The van der Waals surface area contributed by atoms with Crippen molar-refractivity contribution < 1.29 is 73.7 Å². The van der Waals surface area contributed by atoms with E-state index < -0.39 is 96.6 Å². The van der Waals surface area contributed by atoms with E-state index in [1.807, 2.05) is 22.6 Å². The number of aliphatic hydroxyl groups excluding tert-OH is 6. The highest BCUT2D eigenvalue weighted by Gasteiger charge is 2.59. The molecule has 34 heavy (non-hydrogen) atoms. The highest BCUT2D eigenvalue weighted by Crippen LogP contribution is 2.41. The summed E-state index contributed by atoms with van der Waals surface area (Å²) in [7, 11) is 1.45. The predicted molar refractivity (Wildman–Crippen MR) is 110 cm³/mol. The van der Waals surface area contributed by atoms with Crippen LogP contribution in [0.15, 0.2) is 0 Å². The maximum Gasteiger partial charge on any atom is 0.335 e. The van der Waals surface area contributed by atoms with Gasteiger partial charge >= 0.3 is 5.97 Å². The monoisotopic (exact) mass is 610 g/mol. The maximum atomic E-state index is 11.2. The maximum absolute atomic E-state index is 11.2. The lowest BCUT2D eigenvalue weighted by Crippen LogP contribution is -2.63. The minimum absolute atomic E-state index is 0.370. The van der Waals surface area contributed by atoms with Crippen molar-refractivity contribution in [2.45, 2.75) is 90.1 Å². The molecule has 0 radical (unpaired) electrons. The van der Waals surface area contributed by atoms with Crippen LogP contribution in [0.1, 0.15) is 0 Å². The number of carboxylic acids is 1. The summed E-state index contributed by atoms with van der Waals surface area (Å²) in [4.78, 5) is 11.2. The number of epoxide rings is 1. The van der Waals surface area contributed by atoms with Crippen LogP contribution in [-0.2, 0) is 38.0 Å². The lowest BCUT2D eigenvalue weighted by Gasteiger charge is -2.44. The fraction of sp³-hybridized carbons (Fsp3) is 0.944. The van der Waals surface area contributed by atoms with Crippen LogP contribution in [-0.4, -0.2) is 146 Å². The lowest BCUT2D eigenvalue weighted by atomic mass is 9.98. The van der Waals surface area contributed by atoms with E-state index in [1.54, 1.807) is 0 Å². The van der Waals surface area contributed by atoms with E-state index in [2.05, 4.69) is 0 Å². The molecule has 4 rings (SSSR count). The molecule has 0 aromatic rings. The fourth-order valence-electron chi connectivity index (χ4n) is 4.10. The van der Waals surface area contributed by atoms with E-state index in [4.69, 9.17) is 38.3 Å². The number of hydrogen-bond acceptors (Lipinski definition) is 14. The summed E-state index contributed by atoms with van der Waals surface area (Å²) in [6, 6.07) is 0. The van der Waals surface area contributed by atoms with Crippen molar-refractivity contribution in [2.24, 2.45) is 0 Å². The van der Waals surface area contributed by atoms with Crippen molar-refractivity contribution in [3.63, 3.8) is 0 Å². The first-order valence-electron chi connectivity index (χ1n) is 10.4. The van der Waals surface area contributed by atoms with Crippen LogP contribution in [0.5, 0.6) is 0 Å². The highest BCUT2D eigenvalue weighted by atomic mass is 127. The van der Waals surface area contributed by atoms with Gasteiger partial charge in [0.2, 0.25) is 0 Å². The summed E-state index contributed by atoms with van der Waals surface area (Å²) in [6.07, 6.45) is -19.1. The van der Waals surface area contributed by atoms with Crippen LogP contribution in [0.2, 0.25) is 0 Å². The van der Waals surface area contributed by atoms with E-state index >= 15 is 0 Å². The van der Waals surface area contributed by atoms with Gasteiger partial charge in [-0.25, -0.2) is 4.79 Å². The Morgan fingerprint density at radius 2 is 1.47 bits per heavy atom. The fourth-order valence-corrected chi connectivity index (χ4v) is 4.97. The number of alkyl halides is 1. The Morgan fingerprint density at radius 3 is 2.12 bits per heavy atom. The molecule has 16 heteroatoms. The molecule has 0 aromatic carbocycles. The number of fused-ring (bicyclic) bond motifs is 1. The topological polar surface area (TPSA) is 227 Å². The van der Waals surface area contributed by atoms with Gasteiger partial charge in [0.1, 0.15) is 65.2 Å². The number of halogens is 1. The van der Waals surface area contributed by atoms with Crippen LogP contribution in [0.25, 0.3) is 0 Å². The number of carboxylic acid groups (broad SMARTS) is 1. The normalized spacial score (nSPS) is 53.2. The SMILES string of the molecule is COC1[C@H]2OC2O[C@@H](I)[C@H]1O[C@H]1OC(CO[C@H]2OC(C(=O)O)[C@@H](O)C(O)C2O)[C@@H](O)C(O)C1O. The van der Waals surface area contributed by atoms with Crippen LogP contribution in [0.4, 0.5) is 0 Å². The minimum Gasteiger partial charge on any atom is -0.479 e. The second-order valence-corrected chi connectivity index (χ2v) is 9.57. The molecule has 0 amide bonds. The Hall–Kier alpha value is -0.320. The number of rotatable bonds is 7. The third kappa shape index (κ3) is 5.07. The van der Waals surface area contributed by atoms with Gasteiger partial charge in [-0.15, -0.1) is 0 Å². The van der Waals surface area contributed by atoms with E-state index in [9.17, 15) is 35.4 Å². The van der Waals surface area contributed by atoms with Gasteiger partial charge in [-0.2, -0.15) is 0 Å². The third-order valence-electron chi connectivity index (χ3n) is 6.12. The van der Waals surface area contributed by atoms with E-state index in [0.717, 1.165) is 0 Å². The summed E-state index contributed by atoms with van der Waals surface area (Å²) in [5.74, 6) is -1.59. The number of hydrogen-bond donors (Lipinski definition) is 7. The molecule has 4 heterocycles. The first-order valence-corrected chi connectivity index (χ1v) is 11.7. The Balaban J connectivity index is 1.40. The molecule has 0 aliphatic carbocycles. The second-order valence-electron chi connectivity index (χ2n) is 8.34. The average molecular weight is 610 g/mol. The summed E-state index contributed by atoms with van der Waals surface area (Å²) in [5.41, 5.74) is 0. The summed E-state index contributed by atoms with van der Waals surface area (Å²) < 4.78 is 37.6. The molecule has 0 bridgehead atoms. The van der Waals surface area contributed by atoms with Gasteiger partial charge in [0.15, 0.2) is 25.0 Å². The molecule has 4 aliphatic heterocycles. The number of methoxy groups -OCH3 is 1. The molecule has 15 atom stereocenters. The average Bonchev–Trinajstić information content (AvgIpc) is 3.56. The summed E-state index contributed by atoms with van der Waals surface area (Å²) in [5, 5.41) is 69.9. The molecule has 8 unspecified atom stereocenters. The minimum atomic E-state index is -1.90. The highest BCUT2D eigenvalue weighted by molar-refractivity contribution is 14.1. The summed E-state index contributed by atoms with van der Waals surface area (Å²) >= 11 is 1.96. The van der Waals surface area contributed by atoms with Crippen molar-refractivity contribution in [1.82, 2.24) is 0 Å². The molecule has 4 saturated heterocycles. The van der Waals surface area contributed by atoms with Crippen LogP contribution < -0.4 is 0 Å². The van der Waals surface area contributed by atoms with Gasteiger partial charge in [-0.1, -0.05) is 0 Å². The van der Waals surface area contributed by atoms with Crippen molar-refractivity contribution in [3.8, 4) is 0 Å². The third-order valence-corrected chi connectivity index (χ3v) is 7.12. The Morgan fingerprint density at radius 1 is 0.824 bits per heavy atom. The Bertz CT molecular complexity index is 729. The van der Waals surface area contributed by atoms with Crippen LogP contribution >= 0.6 is 22.6 Å². The quantitative estimate of drug-likeness (QED) is 0.0821. The zero-order valence-electron chi connectivity index (χ0n) is 17.6. The van der Waals surface area contributed by atoms with Crippen molar-refractivity contribution >= 4 is 28.6 Å². The van der Waals surface area contributed by atoms with Gasteiger partial charge < -0.3 is 68.9 Å². The lowest BCUT2D eigenvalue weighted by molar-refractivity contribution is -0.340. The number of aliphatic carboxylic acids is 1. The van der Waals surface area contributed by atoms with Crippen LogP contribution in [0, 0.1) is 0 Å². The van der Waals surface area contributed by atoms with Gasteiger partial charge in [0.05, 0.1) is 6.61 Å². The first kappa shape index (κ1) is 26.7. The molecular formula is C18H27IO15. The van der Waals surface area contributed by atoms with Gasteiger partial charge in [0.25, 0.3) is 0 Å².